The van der Waals surface area contributed by atoms with Crippen molar-refractivity contribution in [3.63, 3.8) is 0 Å². The molecule has 0 saturated heterocycles. The van der Waals surface area contributed by atoms with Gasteiger partial charge in [-0.1, -0.05) is 39.3 Å². The molecule has 2 N–H and O–H groups in total. The number of hydrogen-bond acceptors (Lipinski definition) is 2. The number of nitrogens with one attached hydrogen (secondary N) is 1. The third-order valence-electron chi connectivity index (χ3n) is 4.32. The summed E-state index contributed by atoms with van der Waals surface area (Å²) in [6.45, 7) is 11.1. The zero-order valence-electron chi connectivity index (χ0n) is 13.8. The highest BCUT2D eigenvalue weighted by molar-refractivity contribution is 5.94. The van der Waals surface area contributed by atoms with E-state index in [2.05, 4.69) is 33.0 Å². The molecule has 1 aliphatic rings. The molecule has 0 spiro atoms. The van der Waals surface area contributed by atoms with Crippen LogP contribution >= 0.6 is 0 Å². The number of rotatable bonds is 3. The van der Waals surface area contributed by atoms with Crippen molar-refractivity contribution >= 4 is 11.7 Å². The van der Waals surface area contributed by atoms with Gasteiger partial charge in [0.1, 0.15) is 0 Å². The Hall–Kier alpha value is -1.51. The van der Waals surface area contributed by atoms with Gasteiger partial charge >= 0.3 is 5.97 Å². The van der Waals surface area contributed by atoms with Crippen molar-refractivity contribution in [3.05, 3.63) is 29.3 Å². The lowest BCUT2D eigenvalue weighted by Crippen LogP contribution is -2.40. The van der Waals surface area contributed by atoms with Gasteiger partial charge in [0.05, 0.1) is 5.56 Å². The van der Waals surface area contributed by atoms with Crippen LogP contribution in [0.15, 0.2) is 18.2 Å². The SMILES string of the molecule is Cc1ccc(NC2CC(C)(C)CC(C)(C)C2)c(C(=O)O)c1. The Bertz CT molecular complexity index is 530. The molecule has 21 heavy (non-hydrogen) atoms. The van der Waals surface area contributed by atoms with Crippen LogP contribution in [0.4, 0.5) is 5.69 Å². The molecule has 116 valence electrons. The fourth-order valence-electron chi connectivity index (χ4n) is 4.13. The lowest BCUT2D eigenvalue weighted by molar-refractivity contribution is 0.0697. The summed E-state index contributed by atoms with van der Waals surface area (Å²) < 4.78 is 0. The van der Waals surface area contributed by atoms with Crippen LogP contribution in [-0.2, 0) is 0 Å². The fraction of sp³-hybridized carbons (Fsp3) is 0.611. The first kappa shape index (κ1) is 15.9. The van der Waals surface area contributed by atoms with E-state index in [0.717, 1.165) is 24.1 Å². The minimum absolute atomic E-state index is 0.285. The van der Waals surface area contributed by atoms with Crippen LogP contribution in [0.1, 0.15) is 62.9 Å². The molecule has 2 rings (SSSR count). The fourth-order valence-corrected chi connectivity index (χ4v) is 4.13. The van der Waals surface area contributed by atoms with Gasteiger partial charge in [-0.2, -0.15) is 0 Å². The maximum atomic E-state index is 11.4. The van der Waals surface area contributed by atoms with Gasteiger partial charge in [0.2, 0.25) is 0 Å². The average molecular weight is 289 g/mol. The Kier molecular flexibility index (Phi) is 4.05. The molecular formula is C18H27NO2. The normalized spacial score (nSPS) is 21.0. The maximum absolute atomic E-state index is 11.4. The van der Waals surface area contributed by atoms with Gasteiger partial charge in [-0.15, -0.1) is 0 Å². The smallest absolute Gasteiger partial charge is 0.337 e. The second-order valence-electron chi connectivity index (χ2n) is 8.11. The standard InChI is InChI=1S/C18H27NO2/c1-12-6-7-15(14(8-12)16(20)21)19-13-9-17(2,3)11-18(4,5)10-13/h6-8,13,19H,9-11H2,1-5H3,(H,20,21). The summed E-state index contributed by atoms with van der Waals surface area (Å²) in [5.41, 5.74) is 2.66. The summed E-state index contributed by atoms with van der Waals surface area (Å²) >= 11 is 0. The molecule has 0 amide bonds. The van der Waals surface area contributed by atoms with Crippen LogP contribution in [0.3, 0.4) is 0 Å². The van der Waals surface area contributed by atoms with E-state index in [-0.39, 0.29) is 10.8 Å². The summed E-state index contributed by atoms with van der Waals surface area (Å²) in [6, 6.07) is 5.93. The van der Waals surface area contributed by atoms with Gasteiger partial charge < -0.3 is 10.4 Å². The number of benzene rings is 1. The maximum Gasteiger partial charge on any atom is 0.337 e. The quantitative estimate of drug-likeness (QED) is 0.847. The van der Waals surface area contributed by atoms with Crippen molar-refractivity contribution in [2.24, 2.45) is 10.8 Å². The van der Waals surface area contributed by atoms with Crippen molar-refractivity contribution in [1.82, 2.24) is 0 Å². The first-order valence-electron chi connectivity index (χ1n) is 7.69. The lowest BCUT2D eigenvalue weighted by atomic mass is 9.63. The zero-order valence-corrected chi connectivity index (χ0v) is 13.8. The summed E-state index contributed by atoms with van der Waals surface area (Å²) in [6.07, 6.45) is 3.35. The Morgan fingerprint density at radius 2 is 1.76 bits per heavy atom. The molecule has 3 heteroatoms. The highest BCUT2D eigenvalue weighted by Gasteiger charge is 2.38. The van der Waals surface area contributed by atoms with Crippen molar-refractivity contribution in [2.45, 2.75) is 59.9 Å². The van der Waals surface area contributed by atoms with Gasteiger partial charge in [-0.3, -0.25) is 0 Å². The van der Waals surface area contributed by atoms with E-state index in [1.165, 1.54) is 6.42 Å². The van der Waals surface area contributed by atoms with Crippen molar-refractivity contribution in [2.75, 3.05) is 5.32 Å². The number of aryl methyl sites for hydroxylation is 1. The van der Waals surface area contributed by atoms with E-state index in [1.807, 2.05) is 19.1 Å². The lowest BCUT2D eigenvalue weighted by Gasteiger charge is -2.45. The number of carbonyl (C=O) groups is 1. The van der Waals surface area contributed by atoms with E-state index < -0.39 is 5.97 Å². The van der Waals surface area contributed by atoms with Crippen molar-refractivity contribution in [3.8, 4) is 0 Å². The number of carboxylic acids is 1. The predicted octanol–water partition coefficient (Wildman–Crippen LogP) is 4.71. The third-order valence-corrected chi connectivity index (χ3v) is 4.32. The van der Waals surface area contributed by atoms with Crippen LogP contribution in [-0.4, -0.2) is 17.1 Å². The first-order chi connectivity index (χ1) is 9.58. The van der Waals surface area contributed by atoms with Gasteiger partial charge in [-0.25, -0.2) is 4.79 Å². The van der Waals surface area contributed by atoms with E-state index in [1.54, 1.807) is 6.07 Å². The molecule has 1 fully saturated rings. The molecule has 1 saturated carbocycles. The van der Waals surface area contributed by atoms with Crippen molar-refractivity contribution < 1.29 is 9.90 Å². The Morgan fingerprint density at radius 3 is 2.29 bits per heavy atom. The molecule has 0 radical (unpaired) electrons. The van der Waals surface area contributed by atoms with Crippen molar-refractivity contribution in [1.29, 1.82) is 0 Å². The largest absolute Gasteiger partial charge is 0.478 e. The summed E-state index contributed by atoms with van der Waals surface area (Å²) in [5, 5.41) is 12.9. The Morgan fingerprint density at radius 1 is 1.19 bits per heavy atom. The zero-order chi connectivity index (χ0) is 15.8. The second kappa shape index (κ2) is 5.36. The Labute approximate surface area is 127 Å². The summed E-state index contributed by atoms with van der Waals surface area (Å²) in [7, 11) is 0. The minimum Gasteiger partial charge on any atom is -0.478 e. The minimum atomic E-state index is -0.865. The van der Waals surface area contributed by atoms with E-state index in [9.17, 15) is 9.90 Å². The number of aromatic carboxylic acids is 1. The number of carboxylic acid groups (broad SMARTS) is 1. The summed E-state index contributed by atoms with van der Waals surface area (Å²) in [5.74, 6) is -0.865. The molecule has 0 heterocycles. The van der Waals surface area contributed by atoms with Gasteiger partial charge in [0.25, 0.3) is 0 Å². The molecule has 1 aromatic carbocycles. The van der Waals surface area contributed by atoms with E-state index in [4.69, 9.17) is 0 Å². The molecule has 0 bridgehead atoms. The molecule has 0 aliphatic heterocycles. The van der Waals surface area contributed by atoms with Gasteiger partial charge in [0.15, 0.2) is 0 Å². The first-order valence-corrected chi connectivity index (χ1v) is 7.69. The molecule has 0 aromatic heterocycles. The molecular weight excluding hydrogens is 262 g/mol. The molecule has 0 unspecified atom stereocenters. The van der Waals surface area contributed by atoms with E-state index in [0.29, 0.717) is 11.6 Å². The highest BCUT2D eigenvalue weighted by atomic mass is 16.4. The van der Waals surface area contributed by atoms with E-state index >= 15 is 0 Å². The average Bonchev–Trinajstić information content (AvgIpc) is 2.27. The number of hydrogen-bond donors (Lipinski definition) is 2. The monoisotopic (exact) mass is 289 g/mol. The molecule has 1 aromatic rings. The molecule has 3 nitrogen and oxygen atoms in total. The van der Waals surface area contributed by atoms with Crippen LogP contribution in [0.5, 0.6) is 0 Å². The van der Waals surface area contributed by atoms with Crippen LogP contribution in [0.25, 0.3) is 0 Å². The summed E-state index contributed by atoms with van der Waals surface area (Å²) in [4.78, 5) is 11.4. The Balaban J connectivity index is 2.24. The molecule has 0 atom stereocenters. The highest BCUT2D eigenvalue weighted by Crippen LogP contribution is 2.46. The van der Waals surface area contributed by atoms with Gasteiger partial charge in [0, 0.05) is 11.7 Å². The van der Waals surface area contributed by atoms with Crippen LogP contribution < -0.4 is 5.32 Å². The topological polar surface area (TPSA) is 49.3 Å². The molecule has 1 aliphatic carbocycles. The van der Waals surface area contributed by atoms with Gasteiger partial charge in [-0.05, 0) is 49.1 Å². The second-order valence-corrected chi connectivity index (χ2v) is 8.11. The number of anilines is 1. The van der Waals surface area contributed by atoms with Crippen LogP contribution in [0.2, 0.25) is 0 Å². The predicted molar refractivity (Wildman–Crippen MR) is 87.0 cm³/mol. The third kappa shape index (κ3) is 3.99. The van der Waals surface area contributed by atoms with Crippen LogP contribution in [0, 0.1) is 17.8 Å².